The Morgan fingerprint density at radius 3 is 2.52 bits per heavy atom. The molecule has 0 saturated carbocycles. The lowest BCUT2D eigenvalue weighted by Gasteiger charge is -2.35. The highest BCUT2D eigenvalue weighted by atomic mass is 32.2. The van der Waals surface area contributed by atoms with Crippen molar-refractivity contribution in [3.8, 4) is 34.8 Å². The Balaban J connectivity index is 1.55. The number of sulfone groups is 1. The molecule has 14 heteroatoms. The number of nitriles is 1. The fourth-order valence-corrected chi connectivity index (χ4v) is 6.45. The van der Waals surface area contributed by atoms with Gasteiger partial charge in [0.2, 0.25) is 5.82 Å². The molecule has 3 aromatic heterocycles. The minimum Gasteiger partial charge on any atom is -0.494 e. The van der Waals surface area contributed by atoms with E-state index in [1.807, 2.05) is 6.07 Å². The summed E-state index contributed by atoms with van der Waals surface area (Å²) >= 11 is 0. The van der Waals surface area contributed by atoms with Crippen LogP contribution in [-0.2, 0) is 15.6 Å². The average molecular weight is 566 g/mol. The summed E-state index contributed by atoms with van der Waals surface area (Å²) in [6, 6.07) is 10.6. The maximum Gasteiger partial charge on any atom is 0.204 e. The number of methoxy groups -OCH3 is 2. The number of hydrogen-bond acceptors (Lipinski definition) is 12. The molecule has 1 aliphatic heterocycles. The van der Waals surface area contributed by atoms with Gasteiger partial charge in [-0.1, -0.05) is 6.07 Å². The number of nitrogens with zero attached hydrogens (tertiary/aromatic N) is 7. The van der Waals surface area contributed by atoms with Gasteiger partial charge < -0.3 is 23.9 Å². The second kappa shape index (κ2) is 10.9. The summed E-state index contributed by atoms with van der Waals surface area (Å²) in [4.78, 5) is 9.84. The Bertz CT molecular complexity index is 1650. The average Bonchev–Trinajstić information content (AvgIpc) is 3.57. The molecule has 0 unspecified atom stereocenters. The van der Waals surface area contributed by atoms with Crippen LogP contribution in [0.3, 0.4) is 0 Å². The number of para-hydroxylation sites is 1. The number of aryl methyl sites for hydroxylation is 1. The number of aliphatic hydroxyl groups excluding tert-OH is 1. The number of anilines is 1. The van der Waals surface area contributed by atoms with Crippen LogP contribution < -0.4 is 14.4 Å². The van der Waals surface area contributed by atoms with E-state index >= 15 is 0 Å². The standard InChI is InChI=1S/C26H27N7O6S/c1-16-7-8-22(39-16)26-31-30-24(33(26)25-20(37-2)5-4-6-21(25)38-3)15-40(35,36)19-9-18(34)13-32(14-19)23-12-28-11-17(10-27)29-23/h4-8,11-12,18-19,34H,9,13-15H2,1-3H3/t18-,19+/m0/s1. The van der Waals surface area contributed by atoms with Gasteiger partial charge in [-0.15, -0.1) is 10.2 Å². The Hall–Kier alpha value is -4.48. The van der Waals surface area contributed by atoms with E-state index in [0.29, 0.717) is 34.5 Å². The summed E-state index contributed by atoms with van der Waals surface area (Å²) in [6.45, 7) is 2.00. The Morgan fingerprint density at radius 2 is 1.88 bits per heavy atom. The van der Waals surface area contributed by atoms with E-state index in [1.165, 1.54) is 26.6 Å². The molecule has 0 radical (unpaired) electrons. The number of piperidine rings is 1. The van der Waals surface area contributed by atoms with Crippen LogP contribution in [0.1, 0.15) is 23.7 Å². The molecule has 1 fully saturated rings. The lowest BCUT2D eigenvalue weighted by Crippen LogP contribution is -2.49. The van der Waals surface area contributed by atoms with E-state index in [9.17, 15) is 18.8 Å². The van der Waals surface area contributed by atoms with Crippen LogP contribution in [0.15, 0.2) is 47.1 Å². The topological polar surface area (TPSA) is 169 Å². The van der Waals surface area contributed by atoms with Crippen LogP contribution in [-0.4, -0.2) is 76.9 Å². The summed E-state index contributed by atoms with van der Waals surface area (Å²) < 4.78 is 46.3. The molecule has 0 bridgehead atoms. The maximum atomic E-state index is 13.8. The number of rotatable bonds is 8. The Morgan fingerprint density at radius 1 is 1.12 bits per heavy atom. The predicted molar refractivity (Wildman–Crippen MR) is 143 cm³/mol. The van der Waals surface area contributed by atoms with Gasteiger partial charge in [0.25, 0.3) is 0 Å². The Labute approximate surface area is 230 Å². The zero-order valence-corrected chi connectivity index (χ0v) is 22.9. The predicted octanol–water partition coefficient (Wildman–Crippen LogP) is 2.07. The molecule has 0 spiro atoms. The number of β-amino-alcohol motifs (C(OH)–C–C–N with tert-alkyl or cyclic N) is 1. The first kappa shape index (κ1) is 27.1. The van der Waals surface area contributed by atoms with Crippen LogP contribution in [0, 0.1) is 18.3 Å². The zero-order chi connectivity index (χ0) is 28.4. The van der Waals surface area contributed by atoms with Crippen LogP contribution >= 0.6 is 0 Å². The van der Waals surface area contributed by atoms with Crippen LogP contribution in [0.2, 0.25) is 0 Å². The minimum absolute atomic E-state index is 0.0283. The van der Waals surface area contributed by atoms with Gasteiger partial charge in [0.1, 0.15) is 40.6 Å². The van der Waals surface area contributed by atoms with Crippen LogP contribution in [0.25, 0.3) is 17.3 Å². The highest BCUT2D eigenvalue weighted by molar-refractivity contribution is 7.91. The molecule has 2 atom stereocenters. The summed E-state index contributed by atoms with van der Waals surface area (Å²) in [5, 5.41) is 27.4. The first-order valence-corrected chi connectivity index (χ1v) is 14.0. The quantitative estimate of drug-likeness (QED) is 0.330. The zero-order valence-electron chi connectivity index (χ0n) is 22.1. The first-order valence-electron chi connectivity index (χ1n) is 12.3. The molecule has 13 nitrogen and oxygen atoms in total. The van der Waals surface area contributed by atoms with Crippen molar-refractivity contribution in [3.63, 3.8) is 0 Å². The molecule has 1 N–H and O–H groups in total. The summed E-state index contributed by atoms with van der Waals surface area (Å²) in [5.41, 5.74) is 0.511. The fraction of sp³-hybridized carbons (Fsp3) is 0.346. The van der Waals surface area contributed by atoms with Crippen LogP contribution in [0.4, 0.5) is 5.82 Å². The largest absolute Gasteiger partial charge is 0.494 e. The molecular formula is C26H27N7O6S. The van der Waals surface area contributed by atoms with Crippen molar-refractivity contribution in [2.75, 3.05) is 32.2 Å². The second-order valence-electron chi connectivity index (χ2n) is 9.29. The van der Waals surface area contributed by atoms with Crippen molar-refractivity contribution in [1.82, 2.24) is 24.7 Å². The van der Waals surface area contributed by atoms with Crippen molar-refractivity contribution < 1.29 is 27.4 Å². The van der Waals surface area contributed by atoms with E-state index in [2.05, 4.69) is 20.2 Å². The molecule has 4 aromatic rings. The van der Waals surface area contributed by atoms with Gasteiger partial charge in [-0.3, -0.25) is 9.55 Å². The molecule has 40 heavy (non-hydrogen) atoms. The summed E-state index contributed by atoms with van der Waals surface area (Å²) in [7, 11) is -0.914. The number of hydrogen-bond donors (Lipinski definition) is 1. The van der Waals surface area contributed by atoms with Crippen molar-refractivity contribution in [2.45, 2.75) is 30.5 Å². The normalized spacial score (nSPS) is 17.4. The van der Waals surface area contributed by atoms with Gasteiger partial charge in [0.15, 0.2) is 27.1 Å². The SMILES string of the molecule is COc1cccc(OC)c1-n1c(CS(=O)(=O)[C@@H]2C[C@H](O)CN(c3cncc(C#N)n3)C2)nnc1-c1ccc(C)o1. The second-order valence-corrected chi connectivity index (χ2v) is 11.6. The van der Waals surface area contributed by atoms with Crippen molar-refractivity contribution >= 4 is 15.7 Å². The summed E-state index contributed by atoms with van der Waals surface area (Å²) in [6.07, 6.45) is 1.84. The number of furan rings is 1. The first-order chi connectivity index (χ1) is 19.2. The minimum atomic E-state index is -3.91. The lowest BCUT2D eigenvalue weighted by molar-refractivity contribution is 0.154. The maximum absolute atomic E-state index is 13.8. The van der Waals surface area contributed by atoms with E-state index < -0.39 is 26.9 Å². The third-order valence-corrected chi connectivity index (χ3v) is 8.62. The van der Waals surface area contributed by atoms with E-state index in [0.717, 1.165) is 0 Å². The molecule has 0 amide bonds. The molecule has 4 heterocycles. The van der Waals surface area contributed by atoms with Gasteiger partial charge >= 0.3 is 0 Å². The molecule has 5 rings (SSSR count). The van der Waals surface area contributed by atoms with Crippen LogP contribution in [0.5, 0.6) is 11.5 Å². The molecule has 1 saturated heterocycles. The van der Waals surface area contributed by atoms with E-state index in [1.54, 1.807) is 46.7 Å². The van der Waals surface area contributed by atoms with Crippen molar-refractivity contribution in [1.29, 1.82) is 5.26 Å². The monoisotopic (exact) mass is 565 g/mol. The number of aromatic nitrogens is 5. The third-order valence-electron chi connectivity index (χ3n) is 6.60. The highest BCUT2D eigenvalue weighted by Gasteiger charge is 2.37. The number of benzene rings is 1. The van der Waals surface area contributed by atoms with Crippen molar-refractivity contribution in [3.05, 3.63) is 60.0 Å². The van der Waals surface area contributed by atoms with E-state index in [4.69, 9.17) is 13.9 Å². The molecule has 1 aliphatic rings. The van der Waals surface area contributed by atoms with Gasteiger partial charge in [-0.25, -0.2) is 13.4 Å². The number of ether oxygens (including phenoxy) is 2. The highest BCUT2D eigenvalue weighted by Crippen LogP contribution is 2.37. The summed E-state index contributed by atoms with van der Waals surface area (Å²) in [5.74, 6) is 2.07. The van der Waals surface area contributed by atoms with E-state index in [-0.39, 0.29) is 36.9 Å². The van der Waals surface area contributed by atoms with Gasteiger partial charge in [-0.2, -0.15) is 5.26 Å². The van der Waals surface area contributed by atoms with Gasteiger partial charge in [0.05, 0.1) is 38.0 Å². The molecule has 208 valence electrons. The third kappa shape index (κ3) is 5.21. The molecule has 0 aliphatic carbocycles. The van der Waals surface area contributed by atoms with Crippen molar-refractivity contribution in [2.24, 2.45) is 0 Å². The molecule has 1 aromatic carbocycles. The van der Waals surface area contributed by atoms with Gasteiger partial charge in [0, 0.05) is 13.1 Å². The fourth-order valence-electron chi connectivity index (χ4n) is 4.75. The number of aliphatic hydroxyl groups is 1. The smallest absolute Gasteiger partial charge is 0.204 e. The molecular weight excluding hydrogens is 538 g/mol. The Kier molecular flexibility index (Phi) is 7.42. The van der Waals surface area contributed by atoms with Gasteiger partial charge in [-0.05, 0) is 37.6 Å². The lowest BCUT2D eigenvalue weighted by atomic mass is 10.1.